The lowest BCUT2D eigenvalue weighted by Gasteiger charge is -2.12. The average Bonchev–Trinajstić information content (AvgIpc) is 2.40. The molecule has 1 N–H and O–H groups in total. The van der Waals surface area contributed by atoms with Crippen LogP contribution >= 0.6 is 31.9 Å². The number of hydrogen-bond acceptors (Lipinski definition) is 2. The largest absolute Gasteiger partial charge is 0.495 e. The van der Waals surface area contributed by atoms with Crippen LogP contribution in [0.2, 0.25) is 0 Å². The zero-order valence-electron chi connectivity index (χ0n) is 10.4. The van der Waals surface area contributed by atoms with Crippen LogP contribution in [-0.2, 0) is 0 Å². The van der Waals surface area contributed by atoms with Gasteiger partial charge in [0.1, 0.15) is 11.6 Å². The molecule has 0 saturated heterocycles. The van der Waals surface area contributed by atoms with Crippen molar-refractivity contribution in [1.82, 2.24) is 0 Å². The van der Waals surface area contributed by atoms with Crippen molar-refractivity contribution in [2.45, 2.75) is 0 Å². The molecule has 3 nitrogen and oxygen atoms in total. The van der Waals surface area contributed by atoms with Crippen molar-refractivity contribution in [3.05, 3.63) is 56.7 Å². The standard InChI is InChI=1S/C14H10Br2FNO2/c1-20-13-9(6-8(15)7-10(13)16)14(19)18-12-5-3-2-4-11(12)17/h2-7H,1H3,(H,18,19). The molecule has 0 bridgehead atoms. The highest BCUT2D eigenvalue weighted by Gasteiger charge is 2.17. The van der Waals surface area contributed by atoms with E-state index in [4.69, 9.17) is 4.74 Å². The third-order valence-electron chi connectivity index (χ3n) is 2.58. The van der Waals surface area contributed by atoms with Gasteiger partial charge in [-0.1, -0.05) is 28.1 Å². The van der Waals surface area contributed by atoms with Gasteiger partial charge < -0.3 is 10.1 Å². The quantitative estimate of drug-likeness (QED) is 0.813. The molecule has 0 aromatic heterocycles. The molecule has 104 valence electrons. The fourth-order valence-electron chi connectivity index (χ4n) is 1.69. The van der Waals surface area contributed by atoms with E-state index in [1.54, 1.807) is 24.3 Å². The van der Waals surface area contributed by atoms with Crippen LogP contribution in [0.25, 0.3) is 0 Å². The smallest absolute Gasteiger partial charge is 0.259 e. The second-order valence-corrected chi connectivity index (χ2v) is 5.67. The molecule has 20 heavy (non-hydrogen) atoms. The van der Waals surface area contributed by atoms with Crippen molar-refractivity contribution < 1.29 is 13.9 Å². The summed E-state index contributed by atoms with van der Waals surface area (Å²) in [5, 5.41) is 2.52. The normalized spacial score (nSPS) is 10.2. The van der Waals surface area contributed by atoms with Crippen LogP contribution in [0.3, 0.4) is 0 Å². The van der Waals surface area contributed by atoms with Gasteiger partial charge in [-0.15, -0.1) is 0 Å². The summed E-state index contributed by atoms with van der Waals surface area (Å²) in [6, 6.07) is 9.35. The van der Waals surface area contributed by atoms with Gasteiger partial charge in [0.15, 0.2) is 0 Å². The first-order valence-corrected chi connectivity index (χ1v) is 7.20. The molecule has 6 heteroatoms. The van der Waals surface area contributed by atoms with E-state index in [-0.39, 0.29) is 5.69 Å². The zero-order chi connectivity index (χ0) is 14.7. The second kappa shape index (κ2) is 6.37. The highest BCUT2D eigenvalue weighted by Crippen LogP contribution is 2.33. The SMILES string of the molecule is COc1c(Br)cc(Br)cc1C(=O)Nc1ccccc1F. The Labute approximate surface area is 132 Å². The van der Waals surface area contributed by atoms with Gasteiger partial charge >= 0.3 is 0 Å². The number of ether oxygens (including phenoxy) is 1. The minimum Gasteiger partial charge on any atom is -0.495 e. The molecule has 2 aromatic carbocycles. The Balaban J connectivity index is 2.37. The highest BCUT2D eigenvalue weighted by atomic mass is 79.9. The second-order valence-electron chi connectivity index (χ2n) is 3.90. The summed E-state index contributed by atoms with van der Waals surface area (Å²) >= 11 is 6.62. The number of carbonyl (C=O) groups is 1. The number of nitrogens with one attached hydrogen (secondary N) is 1. The van der Waals surface area contributed by atoms with Gasteiger partial charge in [0.25, 0.3) is 5.91 Å². The van der Waals surface area contributed by atoms with Crippen molar-refractivity contribution in [3.8, 4) is 5.75 Å². The summed E-state index contributed by atoms with van der Waals surface area (Å²) in [5.41, 5.74) is 0.424. The minimum absolute atomic E-state index is 0.121. The van der Waals surface area contributed by atoms with Crippen LogP contribution in [0, 0.1) is 5.82 Å². The molecule has 0 spiro atoms. The number of hydrogen-bond donors (Lipinski definition) is 1. The van der Waals surface area contributed by atoms with Gasteiger partial charge in [0.05, 0.1) is 22.8 Å². The van der Waals surface area contributed by atoms with E-state index >= 15 is 0 Å². The van der Waals surface area contributed by atoms with E-state index in [9.17, 15) is 9.18 Å². The van der Waals surface area contributed by atoms with E-state index in [2.05, 4.69) is 37.2 Å². The first-order valence-electron chi connectivity index (χ1n) is 5.62. The Bertz CT molecular complexity index is 662. The maximum absolute atomic E-state index is 13.5. The molecule has 0 aliphatic carbocycles. The predicted octanol–water partition coefficient (Wildman–Crippen LogP) is 4.61. The van der Waals surface area contributed by atoms with Crippen LogP contribution in [-0.4, -0.2) is 13.0 Å². The van der Waals surface area contributed by atoms with Gasteiger partial charge in [0, 0.05) is 4.47 Å². The average molecular weight is 403 g/mol. The van der Waals surface area contributed by atoms with Gasteiger partial charge in [-0.05, 0) is 40.2 Å². The number of carbonyl (C=O) groups excluding carboxylic acids is 1. The fraction of sp³-hybridized carbons (Fsp3) is 0.0714. The van der Waals surface area contributed by atoms with Crippen LogP contribution in [0.4, 0.5) is 10.1 Å². The first kappa shape index (κ1) is 15.0. The van der Waals surface area contributed by atoms with Gasteiger partial charge in [-0.2, -0.15) is 0 Å². The lowest BCUT2D eigenvalue weighted by Crippen LogP contribution is -2.14. The van der Waals surface area contributed by atoms with E-state index < -0.39 is 11.7 Å². The number of halogens is 3. The highest BCUT2D eigenvalue weighted by molar-refractivity contribution is 9.11. The third kappa shape index (κ3) is 3.19. The Morgan fingerprint density at radius 2 is 1.95 bits per heavy atom. The number of rotatable bonds is 3. The number of methoxy groups -OCH3 is 1. The van der Waals surface area contributed by atoms with E-state index in [0.29, 0.717) is 20.3 Å². The maximum Gasteiger partial charge on any atom is 0.259 e. The summed E-state index contributed by atoms with van der Waals surface area (Å²) in [6.45, 7) is 0. The molecule has 0 atom stereocenters. The van der Waals surface area contributed by atoms with Crippen molar-refractivity contribution in [1.29, 1.82) is 0 Å². The summed E-state index contributed by atoms with van der Waals surface area (Å²) in [5.74, 6) is -0.551. The molecule has 2 rings (SSSR count). The summed E-state index contributed by atoms with van der Waals surface area (Å²) in [4.78, 5) is 12.3. The lowest BCUT2D eigenvalue weighted by atomic mass is 10.2. The minimum atomic E-state index is -0.492. The van der Waals surface area contributed by atoms with Crippen LogP contribution in [0.15, 0.2) is 45.3 Å². The number of benzene rings is 2. The summed E-state index contributed by atoms with van der Waals surface area (Å²) in [7, 11) is 1.47. The van der Waals surface area contributed by atoms with Crippen LogP contribution < -0.4 is 10.1 Å². The Hall–Kier alpha value is -1.40. The Kier molecular flexibility index (Phi) is 4.77. The van der Waals surface area contributed by atoms with Gasteiger partial charge in [-0.3, -0.25) is 4.79 Å². The fourth-order valence-corrected chi connectivity index (χ4v) is 3.08. The topological polar surface area (TPSA) is 38.3 Å². The van der Waals surface area contributed by atoms with Crippen molar-refractivity contribution in [2.75, 3.05) is 12.4 Å². The number of anilines is 1. The molecular formula is C14H10Br2FNO2. The molecule has 2 aromatic rings. The van der Waals surface area contributed by atoms with E-state index in [1.807, 2.05) is 0 Å². The molecular weight excluding hydrogens is 393 g/mol. The molecule has 1 amide bonds. The molecule has 0 fully saturated rings. The number of para-hydroxylation sites is 1. The molecule has 0 aliphatic heterocycles. The van der Waals surface area contributed by atoms with Crippen molar-refractivity contribution in [3.63, 3.8) is 0 Å². The molecule has 0 heterocycles. The third-order valence-corrected chi connectivity index (χ3v) is 3.63. The Morgan fingerprint density at radius 3 is 2.60 bits per heavy atom. The van der Waals surface area contributed by atoms with E-state index in [1.165, 1.54) is 19.2 Å². The first-order chi connectivity index (χ1) is 9.52. The van der Waals surface area contributed by atoms with E-state index in [0.717, 1.165) is 0 Å². The van der Waals surface area contributed by atoms with Crippen molar-refractivity contribution in [2.24, 2.45) is 0 Å². The molecule has 0 unspecified atom stereocenters. The zero-order valence-corrected chi connectivity index (χ0v) is 13.6. The molecule has 0 saturated carbocycles. The van der Waals surface area contributed by atoms with Crippen molar-refractivity contribution >= 4 is 43.5 Å². The maximum atomic E-state index is 13.5. The predicted molar refractivity (Wildman–Crippen MR) is 82.7 cm³/mol. The molecule has 0 radical (unpaired) electrons. The summed E-state index contributed by atoms with van der Waals surface area (Å²) in [6.07, 6.45) is 0. The molecule has 0 aliphatic rings. The van der Waals surface area contributed by atoms with Gasteiger partial charge in [0.2, 0.25) is 0 Å². The number of amides is 1. The van der Waals surface area contributed by atoms with Gasteiger partial charge in [-0.25, -0.2) is 4.39 Å². The lowest BCUT2D eigenvalue weighted by molar-refractivity contribution is 0.102. The monoisotopic (exact) mass is 401 g/mol. The Morgan fingerprint density at radius 1 is 1.25 bits per heavy atom. The summed E-state index contributed by atoms with van der Waals surface area (Å²) < 4.78 is 20.1. The van der Waals surface area contributed by atoms with Crippen LogP contribution in [0.5, 0.6) is 5.75 Å². The van der Waals surface area contributed by atoms with Crippen LogP contribution in [0.1, 0.15) is 10.4 Å².